The number of unbranched alkanes of at least 4 members (excludes halogenated alkanes) is 1. The Hall–Kier alpha value is -2.98. The van der Waals surface area contributed by atoms with Gasteiger partial charge in [0.2, 0.25) is 17.6 Å². The Morgan fingerprint density at radius 2 is 1.54 bits per heavy atom. The van der Waals surface area contributed by atoms with Crippen LogP contribution in [0.5, 0.6) is 0 Å². The molecule has 4 atom stereocenters. The van der Waals surface area contributed by atoms with Gasteiger partial charge < -0.3 is 26.6 Å². The molecule has 0 aromatic carbocycles. The van der Waals surface area contributed by atoms with Crippen LogP contribution >= 0.6 is 0 Å². The van der Waals surface area contributed by atoms with Crippen molar-refractivity contribution in [2.45, 2.75) is 129 Å². The van der Waals surface area contributed by atoms with Gasteiger partial charge in [0, 0.05) is 12.5 Å². The van der Waals surface area contributed by atoms with E-state index >= 15 is 0 Å². The van der Waals surface area contributed by atoms with Crippen LogP contribution in [0.25, 0.3) is 0 Å². The normalized spacial score (nSPS) is 21.9. The van der Waals surface area contributed by atoms with E-state index in [1.165, 1.54) is 4.90 Å². The Labute approximate surface area is 243 Å². The number of urea groups is 1. The van der Waals surface area contributed by atoms with E-state index in [0.717, 1.165) is 51.4 Å². The van der Waals surface area contributed by atoms with E-state index in [1.807, 2.05) is 27.7 Å². The molecule has 11 nitrogen and oxygen atoms in total. The maximum atomic E-state index is 13.9. The zero-order chi connectivity index (χ0) is 30.3. The van der Waals surface area contributed by atoms with Crippen LogP contribution in [0.2, 0.25) is 0 Å². The number of likely N-dealkylation sites (tertiary alicyclic amines) is 1. The molecule has 3 unspecified atom stereocenters. The highest BCUT2D eigenvalue weighted by Crippen LogP contribution is 2.35. The lowest BCUT2D eigenvalue weighted by molar-refractivity contribution is -0.143. The number of ketones is 2. The Morgan fingerprint density at radius 1 is 0.878 bits per heavy atom. The quantitative estimate of drug-likeness (QED) is 0.246. The third-order valence-electron chi connectivity index (χ3n) is 8.64. The highest BCUT2D eigenvalue weighted by molar-refractivity contribution is 6.37. The van der Waals surface area contributed by atoms with Crippen LogP contribution in [-0.4, -0.2) is 70.9 Å². The number of hydrogen-bond acceptors (Lipinski definition) is 6. The fourth-order valence-corrected chi connectivity index (χ4v) is 6.06. The molecule has 0 spiro atoms. The lowest BCUT2D eigenvalue weighted by Gasteiger charge is -2.36. The van der Waals surface area contributed by atoms with Crippen molar-refractivity contribution in [3.8, 4) is 0 Å². The van der Waals surface area contributed by atoms with Gasteiger partial charge in [-0.3, -0.25) is 24.0 Å². The Kier molecular flexibility index (Phi) is 11.3. The molecular formula is C30H49N5O6. The number of nitrogens with one attached hydrogen (secondary N) is 3. The largest absolute Gasteiger partial charge is 0.363 e. The van der Waals surface area contributed by atoms with Gasteiger partial charge in [0.05, 0.1) is 12.1 Å². The van der Waals surface area contributed by atoms with E-state index in [9.17, 15) is 28.8 Å². The van der Waals surface area contributed by atoms with Crippen LogP contribution in [0.1, 0.15) is 105 Å². The van der Waals surface area contributed by atoms with E-state index in [2.05, 4.69) is 16.0 Å². The third-order valence-corrected chi connectivity index (χ3v) is 8.64. The van der Waals surface area contributed by atoms with Crippen molar-refractivity contribution in [2.24, 2.45) is 23.0 Å². The van der Waals surface area contributed by atoms with Crippen molar-refractivity contribution in [3.63, 3.8) is 0 Å². The minimum atomic E-state index is -1.11. The van der Waals surface area contributed by atoms with Gasteiger partial charge >= 0.3 is 6.03 Å². The monoisotopic (exact) mass is 575 g/mol. The van der Waals surface area contributed by atoms with Gasteiger partial charge in [-0.1, -0.05) is 59.8 Å². The zero-order valence-corrected chi connectivity index (χ0v) is 25.1. The molecule has 41 heavy (non-hydrogen) atoms. The van der Waals surface area contributed by atoms with E-state index < -0.39 is 59.1 Å². The van der Waals surface area contributed by atoms with Crippen LogP contribution in [0.4, 0.5) is 4.79 Å². The van der Waals surface area contributed by atoms with Gasteiger partial charge in [-0.15, -0.1) is 0 Å². The molecule has 1 aliphatic heterocycles. The summed E-state index contributed by atoms with van der Waals surface area (Å²) < 4.78 is 0. The fourth-order valence-electron chi connectivity index (χ4n) is 6.06. The number of hydrogen-bond donors (Lipinski definition) is 4. The molecule has 3 fully saturated rings. The highest BCUT2D eigenvalue weighted by atomic mass is 16.2. The number of nitrogens with zero attached hydrogens (tertiary/aromatic N) is 1. The first-order valence-electron chi connectivity index (χ1n) is 15.4. The van der Waals surface area contributed by atoms with E-state index in [4.69, 9.17) is 5.73 Å². The molecule has 0 aromatic heterocycles. The van der Waals surface area contributed by atoms with E-state index in [-0.39, 0.29) is 24.0 Å². The second-order valence-corrected chi connectivity index (χ2v) is 13.1. The van der Waals surface area contributed by atoms with Crippen LogP contribution in [0.15, 0.2) is 0 Å². The number of rotatable bonds is 13. The number of amides is 5. The number of carbonyl (C=O) groups is 6. The molecule has 2 aliphatic carbocycles. The molecule has 3 aliphatic rings. The van der Waals surface area contributed by atoms with Gasteiger partial charge in [-0.25, -0.2) is 4.79 Å². The standard InChI is InChI=1S/C30H49N5O6/c1-5-6-13-20(24(37)26(31)38)32-27(39)21-14-10-17-35(21)28(40)25(30(2,3)4)34-29(41)33-22(23(36)19-15-16-19)18-11-8-7-9-12-18/h18-22,25H,5-17H2,1-4H3,(H2,31,38)(H,32,39)(H2,33,34,41)/t20?,21-,22?,25?/m0/s1. The molecule has 5 amide bonds. The molecule has 2 saturated carbocycles. The van der Waals surface area contributed by atoms with Crippen molar-refractivity contribution in [1.29, 1.82) is 0 Å². The molecule has 230 valence electrons. The first-order chi connectivity index (χ1) is 19.3. The van der Waals surface area contributed by atoms with Crippen molar-refractivity contribution in [3.05, 3.63) is 0 Å². The van der Waals surface area contributed by atoms with Crippen LogP contribution in [0.3, 0.4) is 0 Å². The second-order valence-electron chi connectivity index (χ2n) is 13.1. The predicted octanol–water partition coefficient (Wildman–Crippen LogP) is 2.35. The Morgan fingerprint density at radius 3 is 2.10 bits per heavy atom. The molecule has 5 N–H and O–H groups in total. The van der Waals surface area contributed by atoms with Crippen LogP contribution in [0, 0.1) is 17.3 Å². The molecule has 11 heteroatoms. The topological polar surface area (TPSA) is 168 Å². The minimum absolute atomic E-state index is 0.00809. The van der Waals surface area contributed by atoms with Gasteiger partial charge in [0.15, 0.2) is 5.78 Å². The number of Topliss-reactive ketones (excluding diaryl/α,β-unsaturated/α-hetero) is 2. The average Bonchev–Trinajstić information content (AvgIpc) is 3.67. The van der Waals surface area contributed by atoms with Crippen molar-refractivity contribution in [2.75, 3.05) is 6.54 Å². The predicted molar refractivity (Wildman–Crippen MR) is 153 cm³/mol. The summed E-state index contributed by atoms with van der Waals surface area (Å²) in [5, 5.41) is 8.42. The summed E-state index contributed by atoms with van der Waals surface area (Å²) in [6.07, 6.45) is 9.35. The lowest BCUT2D eigenvalue weighted by Crippen LogP contribution is -2.61. The molecule has 0 radical (unpaired) electrons. The fraction of sp³-hybridized carbons (Fsp3) is 0.800. The summed E-state index contributed by atoms with van der Waals surface area (Å²) in [5.41, 5.74) is 4.51. The smallest absolute Gasteiger partial charge is 0.316 e. The third kappa shape index (κ3) is 8.75. The maximum absolute atomic E-state index is 13.9. The molecular weight excluding hydrogens is 526 g/mol. The number of nitrogens with two attached hydrogens (primary N) is 1. The number of primary amides is 1. The second kappa shape index (κ2) is 14.3. The van der Waals surface area contributed by atoms with Crippen molar-refractivity contribution in [1.82, 2.24) is 20.9 Å². The highest BCUT2D eigenvalue weighted by Gasteiger charge is 2.44. The summed E-state index contributed by atoms with van der Waals surface area (Å²) in [5.74, 6) is -2.70. The summed E-state index contributed by atoms with van der Waals surface area (Å²) >= 11 is 0. The first-order valence-corrected chi connectivity index (χ1v) is 15.4. The summed E-state index contributed by atoms with van der Waals surface area (Å²) in [4.78, 5) is 78.9. The Bertz CT molecular complexity index is 998. The Balaban J connectivity index is 1.72. The average molecular weight is 576 g/mol. The lowest BCUT2D eigenvalue weighted by atomic mass is 9.81. The van der Waals surface area contributed by atoms with Gasteiger partial charge in [0.25, 0.3) is 5.91 Å². The SMILES string of the molecule is CCCCC(NC(=O)[C@@H]1CCCN1C(=O)C(NC(=O)NC(C(=O)C1CC1)C1CCCCC1)C(C)(C)C)C(=O)C(N)=O. The van der Waals surface area contributed by atoms with Gasteiger partial charge in [-0.2, -0.15) is 0 Å². The molecule has 0 aromatic rings. The molecule has 0 bridgehead atoms. The van der Waals surface area contributed by atoms with Gasteiger partial charge in [-0.05, 0) is 56.3 Å². The van der Waals surface area contributed by atoms with Crippen molar-refractivity contribution < 1.29 is 28.8 Å². The summed E-state index contributed by atoms with van der Waals surface area (Å²) in [7, 11) is 0. The molecule has 1 heterocycles. The molecule has 3 rings (SSSR count). The summed E-state index contributed by atoms with van der Waals surface area (Å²) in [6.45, 7) is 7.75. The number of carbonyl (C=O) groups excluding carboxylic acids is 6. The first kappa shape index (κ1) is 32.5. The maximum Gasteiger partial charge on any atom is 0.316 e. The van der Waals surface area contributed by atoms with Crippen molar-refractivity contribution >= 4 is 35.3 Å². The van der Waals surface area contributed by atoms with E-state index in [0.29, 0.717) is 25.8 Å². The molecule has 1 saturated heterocycles. The minimum Gasteiger partial charge on any atom is -0.363 e. The van der Waals surface area contributed by atoms with E-state index in [1.54, 1.807) is 0 Å². The van der Waals surface area contributed by atoms with Crippen LogP contribution in [-0.2, 0) is 24.0 Å². The zero-order valence-electron chi connectivity index (χ0n) is 25.1. The summed E-state index contributed by atoms with van der Waals surface area (Å²) in [6, 6.07) is -3.96. The van der Waals surface area contributed by atoms with Gasteiger partial charge in [0.1, 0.15) is 12.1 Å². The van der Waals surface area contributed by atoms with Crippen LogP contribution < -0.4 is 21.7 Å².